The normalized spacial score (nSPS) is 24.2. The fourth-order valence-electron chi connectivity index (χ4n) is 4.87. The second-order valence-corrected chi connectivity index (χ2v) is 9.01. The second-order valence-electron chi connectivity index (χ2n) is 9.01. The monoisotopic (exact) mass is 413 g/mol. The Hall–Kier alpha value is -1.79. The summed E-state index contributed by atoms with van der Waals surface area (Å²) in [6.07, 6.45) is 6.70. The first kappa shape index (κ1) is 21.4. The van der Waals surface area contributed by atoms with E-state index >= 15 is 0 Å². The quantitative estimate of drug-likeness (QED) is 0.482. The molecule has 2 aliphatic heterocycles. The van der Waals surface area contributed by atoms with Gasteiger partial charge >= 0.3 is 0 Å². The number of ether oxygens (including phenoxy) is 1. The number of likely N-dealkylation sites (tertiary alicyclic amines) is 2. The van der Waals surface area contributed by atoms with Gasteiger partial charge in [0.2, 0.25) is 0 Å². The Morgan fingerprint density at radius 1 is 1.10 bits per heavy atom. The largest absolute Gasteiger partial charge is 0.497 e. The van der Waals surface area contributed by atoms with Crippen molar-refractivity contribution in [2.24, 2.45) is 10.9 Å². The summed E-state index contributed by atoms with van der Waals surface area (Å²) in [6.45, 7) is 9.68. The number of methoxy groups -OCH3 is 1. The molecule has 2 heterocycles. The van der Waals surface area contributed by atoms with Gasteiger partial charge in [-0.1, -0.05) is 12.1 Å². The fraction of sp³-hybridized carbons (Fsp3) is 0.708. The lowest BCUT2D eigenvalue weighted by molar-refractivity contribution is 0.251. The van der Waals surface area contributed by atoms with Crippen molar-refractivity contribution in [3.63, 3.8) is 0 Å². The Morgan fingerprint density at radius 2 is 1.87 bits per heavy atom. The summed E-state index contributed by atoms with van der Waals surface area (Å²) in [5, 5.41) is 7.09. The van der Waals surface area contributed by atoms with E-state index in [-0.39, 0.29) is 0 Å². The molecule has 3 aliphatic rings. The maximum atomic E-state index is 5.35. The zero-order valence-electron chi connectivity index (χ0n) is 18.8. The van der Waals surface area contributed by atoms with E-state index in [1.54, 1.807) is 7.11 Å². The van der Waals surface area contributed by atoms with E-state index in [9.17, 15) is 0 Å². The molecule has 2 N–H and O–H groups in total. The van der Waals surface area contributed by atoms with Crippen molar-refractivity contribution >= 4 is 5.96 Å². The van der Waals surface area contributed by atoms with Gasteiger partial charge in [-0.3, -0.25) is 9.89 Å². The van der Waals surface area contributed by atoms with Crippen LogP contribution in [0.15, 0.2) is 29.3 Å². The van der Waals surface area contributed by atoms with Crippen molar-refractivity contribution in [3.05, 3.63) is 29.8 Å². The number of nitrogens with zero attached hydrogens (tertiary/aromatic N) is 3. The third-order valence-corrected chi connectivity index (χ3v) is 6.79. The van der Waals surface area contributed by atoms with Crippen LogP contribution in [0.3, 0.4) is 0 Å². The van der Waals surface area contributed by atoms with Crippen LogP contribution in [0.4, 0.5) is 0 Å². The minimum atomic E-state index is 0.325. The van der Waals surface area contributed by atoms with E-state index in [1.807, 2.05) is 0 Å². The number of rotatable bonds is 9. The van der Waals surface area contributed by atoms with E-state index < -0.39 is 0 Å². The van der Waals surface area contributed by atoms with Crippen LogP contribution in [-0.4, -0.2) is 74.7 Å². The van der Waals surface area contributed by atoms with Gasteiger partial charge in [0.1, 0.15) is 5.75 Å². The highest BCUT2D eigenvalue weighted by Gasteiger charge is 2.34. The molecular formula is C24H39N5O. The molecule has 2 saturated heterocycles. The Kier molecular flexibility index (Phi) is 7.50. The van der Waals surface area contributed by atoms with Crippen molar-refractivity contribution < 1.29 is 4.74 Å². The summed E-state index contributed by atoms with van der Waals surface area (Å²) in [7, 11) is 1.72. The van der Waals surface area contributed by atoms with Crippen molar-refractivity contribution in [2.45, 2.75) is 51.1 Å². The SMILES string of the molecule is CCNC(=NCC(c1ccc(OC)cc1)N1CCCC1)NCC1CCN(C2CC2)C1. The molecule has 0 aromatic heterocycles. The fourth-order valence-corrected chi connectivity index (χ4v) is 4.87. The molecule has 3 fully saturated rings. The van der Waals surface area contributed by atoms with Gasteiger partial charge in [-0.2, -0.15) is 0 Å². The molecule has 0 amide bonds. The molecule has 166 valence electrons. The van der Waals surface area contributed by atoms with Gasteiger partial charge in [-0.25, -0.2) is 0 Å². The summed E-state index contributed by atoms with van der Waals surface area (Å²) in [4.78, 5) is 10.3. The standard InChI is InChI=1S/C24H39N5O/c1-3-25-24(26-16-19-12-15-29(18-19)21-8-9-21)27-17-23(28-13-4-5-14-28)20-6-10-22(30-2)11-7-20/h6-7,10-11,19,21,23H,3-5,8-9,12-18H2,1-2H3,(H2,25,26,27). The molecule has 0 bridgehead atoms. The number of aliphatic imine (C=N–C) groups is 1. The molecular weight excluding hydrogens is 374 g/mol. The van der Waals surface area contributed by atoms with Gasteiger partial charge in [0, 0.05) is 25.7 Å². The van der Waals surface area contributed by atoms with Gasteiger partial charge in [0.25, 0.3) is 0 Å². The Balaban J connectivity index is 1.37. The highest BCUT2D eigenvalue weighted by Crippen LogP contribution is 2.31. The number of hydrogen-bond acceptors (Lipinski definition) is 4. The van der Waals surface area contributed by atoms with Gasteiger partial charge in [0.15, 0.2) is 5.96 Å². The molecule has 2 unspecified atom stereocenters. The van der Waals surface area contributed by atoms with Crippen LogP contribution in [-0.2, 0) is 0 Å². The number of guanidine groups is 1. The Bertz CT molecular complexity index is 681. The lowest BCUT2D eigenvalue weighted by Gasteiger charge is -2.27. The predicted molar refractivity (Wildman–Crippen MR) is 123 cm³/mol. The molecule has 1 saturated carbocycles. The van der Waals surface area contributed by atoms with Gasteiger partial charge in [-0.15, -0.1) is 0 Å². The lowest BCUT2D eigenvalue weighted by Crippen LogP contribution is -2.41. The first-order chi connectivity index (χ1) is 14.8. The molecule has 4 rings (SSSR count). The van der Waals surface area contributed by atoms with E-state index in [0.717, 1.165) is 56.4 Å². The van der Waals surface area contributed by atoms with Crippen LogP contribution >= 0.6 is 0 Å². The molecule has 0 radical (unpaired) electrons. The van der Waals surface area contributed by atoms with Crippen molar-refractivity contribution in [3.8, 4) is 5.75 Å². The maximum Gasteiger partial charge on any atom is 0.191 e. The average molecular weight is 414 g/mol. The van der Waals surface area contributed by atoms with E-state index in [4.69, 9.17) is 9.73 Å². The first-order valence-electron chi connectivity index (χ1n) is 11.9. The van der Waals surface area contributed by atoms with Crippen LogP contribution in [0.25, 0.3) is 0 Å². The minimum absolute atomic E-state index is 0.325. The third kappa shape index (κ3) is 5.67. The third-order valence-electron chi connectivity index (χ3n) is 6.79. The van der Waals surface area contributed by atoms with Crippen LogP contribution in [0.1, 0.15) is 50.6 Å². The van der Waals surface area contributed by atoms with Crippen LogP contribution < -0.4 is 15.4 Å². The molecule has 6 nitrogen and oxygen atoms in total. The topological polar surface area (TPSA) is 52.1 Å². The highest BCUT2D eigenvalue weighted by molar-refractivity contribution is 5.79. The van der Waals surface area contributed by atoms with E-state index in [1.165, 1.54) is 50.8 Å². The Morgan fingerprint density at radius 3 is 2.53 bits per heavy atom. The van der Waals surface area contributed by atoms with Crippen molar-refractivity contribution in [1.82, 2.24) is 20.4 Å². The molecule has 1 aromatic rings. The summed E-state index contributed by atoms with van der Waals surface area (Å²) >= 11 is 0. The van der Waals surface area contributed by atoms with Crippen LogP contribution in [0.5, 0.6) is 5.75 Å². The van der Waals surface area contributed by atoms with Gasteiger partial charge in [-0.05, 0) is 82.3 Å². The van der Waals surface area contributed by atoms with Crippen LogP contribution in [0, 0.1) is 5.92 Å². The summed E-state index contributed by atoms with van der Waals surface area (Å²) in [5.74, 6) is 2.61. The Labute approximate surface area is 182 Å². The number of benzene rings is 1. The zero-order valence-corrected chi connectivity index (χ0v) is 18.8. The van der Waals surface area contributed by atoms with E-state index in [0.29, 0.717) is 6.04 Å². The molecule has 1 aliphatic carbocycles. The number of hydrogen-bond donors (Lipinski definition) is 2. The lowest BCUT2D eigenvalue weighted by atomic mass is 10.1. The summed E-state index contributed by atoms with van der Waals surface area (Å²) < 4.78 is 5.35. The summed E-state index contributed by atoms with van der Waals surface area (Å²) in [5.41, 5.74) is 1.33. The van der Waals surface area contributed by atoms with Crippen molar-refractivity contribution in [2.75, 3.05) is 52.9 Å². The molecule has 1 aromatic carbocycles. The molecule has 30 heavy (non-hydrogen) atoms. The van der Waals surface area contributed by atoms with Gasteiger partial charge in [0.05, 0.1) is 19.7 Å². The molecule has 2 atom stereocenters. The average Bonchev–Trinajstić information content (AvgIpc) is 3.27. The minimum Gasteiger partial charge on any atom is -0.497 e. The highest BCUT2D eigenvalue weighted by atomic mass is 16.5. The smallest absolute Gasteiger partial charge is 0.191 e. The second kappa shape index (κ2) is 10.5. The van der Waals surface area contributed by atoms with Crippen LogP contribution in [0.2, 0.25) is 0 Å². The zero-order chi connectivity index (χ0) is 20.8. The van der Waals surface area contributed by atoms with Crippen molar-refractivity contribution in [1.29, 1.82) is 0 Å². The van der Waals surface area contributed by atoms with Gasteiger partial charge < -0.3 is 20.3 Å². The maximum absolute atomic E-state index is 5.35. The predicted octanol–water partition coefficient (Wildman–Crippen LogP) is 2.87. The van der Waals surface area contributed by atoms with E-state index in [2.05, 4.69) is 51.6 Å². The molecule has 0 spiro atoms. The first-order valence-corrected chi connectivity index (χ1v) is 11.9. The summed E-state index contributed by atoms with van der Waals surface area (Å²) in [6, 6.07) is 9.74. The number of nitrogens with one attached hydrogen (secondary N) is 2. The molecule has 6 heteroatoms.